The number of ether oxygens (including phenoxy) is 1. The van der Waals surface area contributed by atoms with E-state index in [0.717, 1.165) is 5.82 Å². The molecule has 0 saturated heterocycles. The number of aromatic nitrogens is 2. The lowest BCUT2D eigenvalue weighted by Crippen LogP contribution is -2.49. The Morgan fingerprint density at radius 1 is 1.61 bits per heavy atom. The van der Waals surface area contributed by atoms with E-state index in [0.29, 0.717) is 13.2 Å². The SMILES string of the molecule is CCOCC(C)(C)NC(=O)[C@H](C)n1ccnc1C. The van der Waals surface area contributed by atoms with E-state index in [1.54, 1.807) is 6.20 Å². The second-order valence-corrected chi connectivity index (χ2v) is 5.07. The van der Waals surface area contributed by atoms with Gasteiger partial charge in [0.1, 0.15) is 11.9 Å². The monoisotopic (exact) mass is 253 g/mol. The normalized spacial score (nSPS) is 13.4. The van der Waals surface area contributed by atoms with Crippen LogP contribution in [-0.2, 0) is 9.53 Å². The Morgan fingerprint density at radius 2 is 2.28 bits per heavy atom. The van der Waals surface area contributed by atoms with Gasteiger partial charge in [-0.2, -0.15) is 0 Å². The molecule has 1 heterocycles. The lowest BCUT2D eigenvalue weighted by molar-refractivity contribution is -0.126. The maximum absolute atomic E-state index is 12.2. The van der Waals surface area contributed by atoms with Gasteiger partial charge in [0.05, 0.1) is 12.1 Å². The smallest absolute Gasteiger partial charge is 0.243 e. The van der Waals surface area contributed by atoms with Crippen molar-refractivity contribution in [3.05, 3.63) is 18.2 Å². The molecule has 0 unspecified atom stereocenters. The van der Waals surface area contributed by atoms with Crippen molar-refractivity contribution < 1.29 is 9.53 Å². The van der Waals surface area contributed by atoms with Crippen molar-refractivity contribution >= 4 is 5.91 Å². The molecule has 1 amide bonds. The van der Waals surface area contributed by atoms with E-state index in [4.69, 9.17) is 4.74 Å². The summed E-state index contributed by atoms with van der Waals surface area (Å²) in [5.41, 5.74) is -0.365. The lowest BCUT2D eigenvalue weighted by Gasteiger charge is -2.28. The Balaban J connectivity index is 2.63. The summed E-state index contributed by atoms with van der Waals surface area (Å²) in [6, 6.07) is -0.270. The molecule has 0 aliphatic rings. The zero-order valence-electron chi connectivity index (χ0n) is 11.9. The first-order valence-electron chi connectivity index (χ1n) is 6.26. The van der Waals surface area contributed by atoms with Crippen LogP contribution < -0.4 is 5.32 Å². The Kier molecular flexibility index (Phi) is 4.90. The van der Waals surface area contributed by atoms with Gasteiger partial charge in [-0.3, -0.25) is 4.79 Å². The molecule has 1 atom stereocenters. The van der Waals surface area contributed by atoms with E-state index in [2.05, 4.69) is 10.3 Å². The molecule has 0 aliphatic carbocycles. The summed E-state index contributed by atoms with van der Waals surface area (Å²) < 4.78 is 7.21. The summed E-state index contributed by atoms with van der Waals surface area (Å²) >= 11 is 0. The van der Waals surface area contributed by atoms with Gasteiger partial charge in [-0.05, 0) is 34.6 Å². The second-order valence-electron chi connectivity index (χ2n) is 5.07. The number of hydrogen-bond donors (Lipinski definition) is 1. The molecular formula is C13H23N3O2. The topological polar surface area (TPSA) is 56.1 Å². The molecule has 0 saturated carbocycles. The van der Waals surface area contributed by atoms with Crippen LogP contribution in [0.25, 0.3) is 0 Å². The van der Waals surface area contributed by atoms with E-state index in [1.807, 2.05) is 45.4 Å². The molecule has 1 aromatic heterocycles. The van der Waals surface area contributed by atoms with Crippen molar-refractivity contribution in [3.8, 4) is 0 Å². The number of rotatable bonds is 6. The van der Waals surface area contributed by atoms with E-state index in [1.165, 1.54) is 0 Å². The van der Waals surface area contributed by atoms with Gasteiger partial charge in [-0.15, -0.1) is 0 Å². The maximum Gasteiger partial charge on any atom is 0.243 e. The van der Waals surface area contributed by atoms with Gasteiger partial charge in [-0.25, -0.2) is 4.98 Å². The number of aryl methyl sites for hydroxylation is 1. The van der Waals surface area contributed by atoms with Crippen LogP contribution in [0.1, 0.15) is 39.6 Å². The van der Waals surface area contributed by atoms with E-state index in [-0.39, 0.29) is 17.5 Å². The summed E-state index contributed by atoms with van der Waals surface area (Å²) in [5, 5.41) is 2.99. The largest absolute Gasteiger partial charge is 0.379 e. The first-order chi connectivity index (χ1) is 8.37. The third-order valence-electron chi connectivity index (χ3n) is 2.79. The molecule has 0 aliphatic heterocycles. The van der Waals surface area contributed by atoms with E-state index < -0.39 is 0 Å². The third-order valence-corrected chi connectivity index (χ3v) is 2.79. The van der Waals surface area contributed by atoms with Crippen molar-refractivity contribution in [2.75, 3.05) is 13.2 Å². The number of amides is 1. The van der Waals surface area contributed by atoms with Gasteiger partial charge in [0.2, 0.25) is 5.91 Å². The molecule has 1 aromatic rings. The molecule has 0 aromatic carbocycles. The maximum atomic E-state index is 12.2. The first kappa shape index (κ1) is 14.7. The van der Waals surface area contributed by atoms with Crippen LogP contribution in [-0.4, -0.2) is 34.2 Å². The average molecular weight is 253 g/mol. The fourth-order valence-corrected chi connectivity index (χ4v) is 1.75. The van der Waals surface area contributed by atoms with Crippen molar-refractivity contribution in [2.45, 2.75) is 46.2 Å². The highest BCUT2D eigenvalue weighted by Crippen LogP contribution is 2.11. The minimum Gasteiger partial charge on any atom is -0.379 e. The molecule has 1 rings (SSSR count). The van der Waals surface area contributed by atoms with Gasteiger partial charge >= 0.3 is 0 Å². The number of nitrogens with one attached hydrogen (secondary N) is 1. The number of nitrogens with zero attached hydrogens (tertiary/aromatic N) is 2. The van der Waals surface area contributed by atoms with Crippen LogP contribution in [0.3, 0.4) is 0 Å². The van der Waals surface area contributed by atoms with Gasteiger partial charge in [0.15, 0.2) is 0 Å². The molecule has 5 heteroatoms. The van der Waals surface area contributed by atoms with Gasteiger partial charge in [-0.1, -0.05) is 0 Å². The molecule has 0 radical (unpaired) electrons. The molecule has 0 bridgehead atoms. The highest BCUT2D eigenvalue weighted by atomic mass is 16.5. The summed E-state index contributed by atoms with van der Waals surface area (Å²) in [6.07, 6.45) is 3.51. The minimum absolute atomic E-state index is 0.0270. The predicted octanol–water partition coefficient (Wildman–Crippen LogP) is 1.68. The number of hydrogen-bond acceptors (Lipinski definition) is 3. The van der Waals surface area contributed by atoms with E-state index in [9.17, 15) is 4.79 Å². The van der Waals surface area contributed by atoms with Gasteiger partial charge in [0.25, 0.3) is 0 Å². The number of imidazole rings is 1. The van der Waals surface area contributed by atoms with Crippen LogP contribution in [0.5, 0.6) is 0 Å². The number of carbonyl (C=O) groups excluding carboxylic acids is 1. The van der Waals surface area contributed by atoms with Crippen molar-refractivity contribution in [3.63, 3.8) is 0 Å². The lowest BCUT2D eigenvalue weighted by atomic mass is 10.1. The Labute approximate surface area is 109 Å². The summed E-state index contributed by atoms with van der Waals surface area (Å²) in [7, 11) is 0. The fraction of sp³-hybridized carbons (Fsp3) is 0.692. The Bertz CT molecular complexity index is 399. The third kappa shape index (κ3) is 3.84. The molecule has 5 nitrogen and oxygen atoms in total. The van der Waals surface area contributed by atoms with Crippen LogP contribution in [0.2, 0.25) is 0 Å². The van der Waals surface area contributed by atoms with E-state index >= 15 is 0 Å². The summed E-state index contributed by atoms with van der Waals surface area (Å²) in [6.45, 7) is 10.7. The van der Waals surface area contributed by atoms with Crippen LogP contribution in [0.15, 0.2) is 12.4 Å². The first-order valence-corrected chi connectivity index (χ1v) is 6.26. The highest BCUT2D eigenvalue weighted by molar-refractivity contribution is 5.80. The second kappa shape index (κ2) is 6.00. The summed E-state index contributed by atoms with van der Waals surface area (Å²) in [4.78, 5) is 16.3. The predicted molar refractivity (Wildman–Crippen MR) is 70.4 cm³/mol. The van der Waals surface area contributed by atoms with Crippen LogP contribution in [0.4, 0.5) is 0 Å². The molecule has 0 fully saturated rings. The van der Waals surface area contributed by atoms with Crippen LogP contribution >= 0.6 is 0 Å². The summed E-state index contributed by atoms with van der Waals surface area (Å²) in [5.74, 6) is 0.807. The number of carbonyl (C=O) groups is 1. The van der Waals surface area contributed by atoms with Crippen molar-refractivity contribution in [2.24, 2.45) is 0 Å². The molecule has 0 spiro atoms. The molecule has 18 heavy (non-hydrogen) atoms. The Hall–Kier alpha value is -1.36. The Morgan fingerprint density at radius 3 is 2.78 bits per heavy atom. The van der Waals surface area contributed by atoms with Gasteiger partial charge < -0.3 is 14.6 Å². The minimum atomic E-state index is -0.365. The van der Waals surface area contributed by atoms with Crippen molar-refractivity contribution in [1.82, 2.24) is 14.9 Å². The zero-order valence-corrected chi connectivity index (χ0v) is 11.9. The van der Waals surface area contributed by atoms with Crippen LogP contribution in [0, 0.1) is 6.92 Å². The quantitative estimate of drug-likeness (QED) is 0.839. The van der Waals surface area contributed by atoms with Crippen molar-refractivity contribution in [1.29, 1.82) is 0 Å². The molecule has 102 valence electrons. The molecule has 1 N–H and O–H groups in total. The standard InChI is InChI=1S/C13H23N3O2/c1-6-18-9-13(4,5)15-12(17)10(2)16-8-7-14-11(16)3/h7-8,10H,6,9H2,1-5H3,(H,15,17)/t10-/m0/s1. The zero-order chi connectivity index (χ0) is 13.8. The highest BCUT2D eigenvalue weighted by Gasteiger charge is 2.24. The van der Waals surface area contributed by atoms with Gasteiger partial charge in [0, 0.05) is 19.0 Å². The average Bonchev–Trinajstić information content (AvgIpc) is 2.71. The molecular weight excluding hydrogens is 230 g/mol. The fourth-order valence-electron chi connectivity index (χ4n) is 1.75.